The first-order valence-electron chi connectivity index (χ1n) is 6.79. The molecule has 1 N–H and O–H groups in total. The Morgan fingerprint density at radius 3 is 2.83 bits per heavy atom. The maximum Gasteiger partial charge on any atom is 0.328 e. The Hall–Kier alpha value is -3.19. The van der Waals surface area contributed by atoms with Gasteiger partial charge in [0.2, 0.25) is 0 Å². The minimum Gasteiger partial charge on any atom is -0.478 e. The van der Waals surface area contributed by atoms with Crippen molar-refractivity contribution in [3.63, 3.8) is 0 Å². The van der Waals surface area contributed by atoms with Crippen molar-refractivity contribution in [2.24, 2.45) is 0 Å². The van der Waals surface area contributed by atoms with Gasteiger partial charge in [-0.3, -0.25) is 14.5 Å². The number of hydrogen-bond donors (Lipinski definition) is 1. The highest BCUT2D eigenvalue weighted by molar-refractivity contribution is 6.30. The summed E-state index contributed by atoms with van der Waals surface area (Å²) >= 11 is 6.00. The molecule has 0 radical (unpaired) electrons. The van der Waals surface area contributed by atoms with Crippen molar-refractivity contribution in [2.75, 3.05) is 0 Å². The number of nitrogens with zero attached hydrogens (tertiary/aromatic N) is 3. The van der Waals surface area contributed by atoms with E-state index in [1.54, 1.807) is 34.9 Å². The second-order valence-electron chi connectivity index (χ2n) is 4.90. The standard InChI is InChI=1S/C16H10ClN3O4/c17-11-4-6-14-18-16(10-2-1-3-12(8-10)20(23)24)13(19(14)9-11)5-7-15(21)22/h1-9H,(H,21,22)/b7-5+. The number of halogens is 1. The van der Waals surface area contributed by atoms with Crippen molar-refractivity contribution < 1.29 is 14.8 Å². The monoisotopic (exact) mass is 343 g/mol. The number of carboxylic acids is 1. The lowest BCUT2D eigenvalue weighted by Gasteiger charge is -2.01. The number of non-ortho nitro benzene ring substituents is 1. The van der Waals surface area contributed by atoms with Crippen molar-refractivity contribution >= 4 is 35.0 Å². The number of pyridine rings is 1. The number of carboxylic acid groups (broad SMARTS) is 1. The second-order valence-corrected chi connectivity index (χ2v) is 5.34. The third kappa shape index (κ3) is 2.97. The molecular weight excluding hydrogens is 334 g/mol. The summed E-state index contributed by atoms with van der Waals surface area (Å²) < 4.78 is 1.63. The zero-order valence-corrected chi connectivity index (χ0v) is 12.8. The second kappa shape index (κ2) is 6.13. The number of rotatable bonds is 4. The first-order chi connectivity index (χ1) is 11.5. The highest BCUT2D eigenvalue weighted by Crippen LogP contribution is 2.29. The molecule has 7 nitrogen and oxygen atoms in total. The number of fused-ring (bicyclic) bond motifs is 1. The van der Waals surface area contributed by atoms with Crippen LogP contribution in [-0.4, -0.2) is 25.4 Å². The molecule has 2 heterocycles. The quantitative estimate of drug-likeness (QED) is 0.443. The molecule has 1 aromatic carbocycles. The first-order valence-corrected chi connectivity index (χ1v) is 7.17. The summed E-state index contributed by atoms with van der Waals surface area (Å²) in [5, 5.41) is 20.3. The van der Waals surface area contributed by atoms with Crippen LogP contribution in [0.4, 0.5) is 5.69 Å². The van der Waals surface area contributed by atoms with Crippen molar-refractivity contribution in [1.82, 2.24) is 9.38 Å². The Balaban J connectivity index is 2.27. The van der Waals surface area contributed by atoms with Crippen LogP contribution in [0.5, 0.6) is 0 Å². The Morgan fingerprint density at radius 1 is 1.33 bits per heavy atom. The van der Waals surface area contributed by atoms with Crippen LogP contribution in [0.25, 0.3) is 23.0 Å². The summed E-state index contributed by atoms with van der Waals surface area (Å²) in [5.41, 5.74) is 1.88. The maximum absolute atomic E-state index is 11.0. The van der Waals surface area contributed by atoms with E-state index in [2.05, 4.69) is 4.98 Å². The maximum atomic E-state index is 11.0. The molecule has 24 heavy (non-hydrogen) atoms. The first kappa shape index (κ1) is 15.7. The molecule has 0 atom stereocenters. The molecule has 0 spiro atoms. The molecule has 0 bridgehead atoms. The summed E-state index contributed by atoms with van der Waals surface area (Å²) in [6.07, 6.45) is 3.96. The molecule has 0 saturated heterocycles. The average molecular weight is 344 g/mol. The molecule has 3 aromatic rings. The molecular formula is C16H10ClN3O4. The molecule has 8 heteroatoms. The molecule has 3 rings (SSSR count). The van der Waals surface area contributed by atoms with E-state index in [1.165, 1.54) is 18.2 Å². The van der Waals surface area contributed by atoms with E-state index in [0.29, 0.717) is 27.6 Å². The smallest absolute Gasteiger partial charge is 0.328 e. The zero-order chi connectivity index (χ0) is 17.3. The summed E-state index contributed by atoms with van der Waals surface area (Å²) in [5.74, 6) is -1.11. The van der Waals surface area contributed by atoms with Gasteiger partial charge in [0.15, 0.2) is 0 Å². The van der Waals surface area contributed by atoms with Gasteiger partial charge in [-0.15, -0.1) is 0 Å². The van der Waals surface area contributed by atoms with E-state index < -0.39 is 10.9 Å². The number of nitro groups is 1. The summed E-state index contributed by atoms with van der Waals surface area (Å²) in [4.78, 5) is 25.8. The lowest BCUT2D eigenvalue weighted by atomic mass is 10.1. The predicted octanol–water partition coefficient (Wildman–Crippen LogP) is 3.66. The van der Waals surface area contributed by atoms with Crippen molar-refractivity contribution in [3.8, 4) is 11.3 Å². The average Bonchev–Trinajstić information content (AvgIpc) is 2.90. The van der Waals surface area contributed by atoms with E-state index in [4.69, 9.17) is 16.7 Å². The zero-order valence-electron chi connectivity index (χ0n) is 12.1. The number of hydrogen-bond acceptors (Lipinski definition) is 4. The largest absolute Gasteiger partial charge is 0.478 e. The molecule has 0 amide bonds. The number of nitro benzene ring substituents is 1. The van der Waals surface area contributed by atoms with E-state index in [9.17, 15) is 14.9 Å². The molecule has 120 valence electrons. The van der Waals surface area contributed by atoms with E-state index in [1.807, 2.05) is 0 Å². The SMILES string of the molecule is O=C(O)/C=C/c1c(-c2cccc([N+](=O)[O-])c2)nc2ccc(Cl)cn12. The van der Waals surface area contributed by atoms with Gasteiger partial charge >= 0.3 is 5.97 Å². The van der Waals surface area contributed by atoms with E-state index in [-0.39, 0.29) is 5.69 Å². The van der Waals surface area contributed by atoms with Gasteiger partial charge in [0.05, 0.1) is 21.3 Å². The normalized spacial score (nSPS) is 11.2. The highest BCUT2D eigenvalue weighted by atomic mass is 35.5. The topological polar surface area (TPSA) is 97.7 Å². The molecule has 0 aliphatic carbocycles. The number of imidazole rings is 1. The minimum atomic E-state index is -1.11. The third-order valence-electron chi connectivity index (χ3n) is 3.33. The van der Waals surface area contributed by atoms with Crippen molar-refractivity contribution in [3.05, 3.63) is 69.5 Å². The van der Waals surface area contributed by atoms with Gasteiger partial charge in [-0.05, 0) is 18.2 Å². The van der Waals surface area contributed by atoms with Crippen LogP contribution in [0.2, 0.25) is 5.02 Å². The fourth-order valence-corrected chi connectivity index (χ4v) is 2.49. The fourth-order valence-electron chi connectivity index (χ4n) is 2.33. The van der Waals surface area contributed by atoms with Gasteiger partial charge in [-0.1, -0.05) is 23.7 Å². The number of benzene rings is 1. The molecule has 0 fully saturated rings. The summed E-state index contributed by atoms with van der Waals surface area (Å²) in [7, 11) is 0. The molecule has 0 unspecified atom stereocenters. The fraction of sp³-hybridized carbons (Fsp3) is 0. The Bertz CT molecular complexity index is 994. The predicted molar refractivity (Wildman–Crippen MR) is 89.0 cm³/mol. The van der Waals surface area contributed by atoms with Crippen LogP contribution in [0, 0.1) is 10.1 Å². The van der Waals surface area contributed by atoms with Gasteiger partial charge in [0, 0.05) is 30.0 Å². The van der Waals surface area contributed by atoms with Gasteiger partial charge in [-0.2, -0.15) is 0 Å². The van der Waals surface area contributed by atoms with E-state index in [0.717, 1.165) is 6.08 Å². The van der Waals surface area contributed by atoms with Crippen LogP contribution < -0.4 is 0 Å². The van der Waals surface area contributed by atoms with Gasteiger partial charge < -0.3 is 5.11 Å². The molecule has 0 saturated carbocycles. The molecule has 0 aliphatic rings. The summed E-state index contributed by atoms with van der Waals surface area (Å²) in [6, 6.07) is 9.33. The highest BCUT2D eigenvalue weighted by Gasteiger charge is 2.15. The number of aliphatic carboxylic acids is 1. The molecule has 0 aliphatic heterocycles. The van der Waals surface area contributed by atoms with Crippen LogP contribution in [0.1, 0.15) is 5.69 Å². The van der Waals surface area contributed by atoms with Crippen LogP contribution in [0.15, 0.2) is 48.7 Å². The Morgan fingerprint density at radius 2 is 2.12 bits per heavy atom. The van der Waals surface area contributed by atoms with Crippen LogP contribution in [-0.2, 0) is 4.79 Å². The van der Waals surface area contributed by atoms with Crippen molar-refractivity contribution in [1.29, 1.82) is 0 Å². The number of carbonyl (C=O) groups is 1. The third-order valence-corrected chi connectivity index (χ3v) is 3.56. The lowest BCUT2D eigenvalue weighted by Crippen LogP contribution is -1.92. The van der Waals surface area contributed by atoms with Gasteiger partial charge in [0.1, 0.15) is 5.65 Å². The minimum absolute atomic E-state index is 0.0734. The Labute approximate surface area is 140 Å². The lowest BCUT2D eigenvalue weighted by molar-refractivity contribution is -0.384. The van der Waals surface area contributed by atoms with Crippen molar-refractivity contribution in [2.45, 2.75) is 0 Å². The van der Waals surface area contributed by atoms with Crippen LogP contribution >= 0.6 is 11.6 Å². The Kier molecular flexibility index (Phi) is 4.01. The van der Waals surface area contributed by atoms with Gasteiger partial charge in [0.25, 0.3) is 5.69 Å². The van der Waals surface area contributed by atoms with E-state index >= 15 is 0 Å². The number of aromatic nitrogens is 2. The van der Waals surface area contributed by atoms with Gasteiger partial charge in [-0.25, -0.2) is 9.78 Å². The molecule has 2 aromatic heterocycles. The summed E-state index contributed by atoms with van der Waals surface area (Å²) in [6.45, 7) is 0. The van der Waals surface area contributed by atoms with Crippen LogP contribution in [0.3, 0.4) is 0 Å².